The van der Waals surface area contributed by atoms with E-state index < -0.39 is 5.60 Å². The van der Waals surface area contributed by atoms with Gasteiger partial charge < -0.3 is 19.1 Å². The second-order valence-corrected chi connectivity index (χ2v) is 17.5. The topological polar surface area (TPSA) is 82.1 Å². The van der Waals surface area contributed by atoms with Crippen molar-refractivity contribution < 1.29 is 28.6 Å². The van der Waals surface area contributed by atoms with Crippen molar-refractivity contribution in [2.45, 2.75) is 219 Å². The Balaban J connectivity index is 2.54. The number of esters is 3. The number of rotatable bonds is 7. The van der Waals surface area contributed by atoms with E-state index in [-0.39, 0.29) is 30.6 Å². The number of carbonyl (C=O) groups is 3. The molecule has 0 saturated carbocycles. The SMILES string of the molecule is CC(CC(=O)OC1CCCCCCCCC=CCCCCCC(=O)OCC(C)(C)OC(=O)CCCCCC=CCCCCCCCC1)CC(C)CN(C)C. The van der Waals surface area contributed by atoms with E-state index in [1.165, 1.54) is 64.2 Å². The molecule has 0 bridgehead atoms. The zero-order valence-corrected chi connectivity index (χ0v) is 36.2. The molecular weight excluding hydrogens is 675 g/mol. The van der Waals surface area contributed by atoms with E-state index in [4.69, 9.17) is 14.2 Å². The summed E-state index contributed by atoms with van der Waals surface area (Å²) in [6.45, 7) is 9.24. The summed E-state index contributed by atoms with van der Waals surface area (Å²) in [4.78, 5) is 39.8. The average molecular weight is 760 g/mol. The van der Waals surface area contributed by atoms with Crippen molar-refractivity contribution in [3.8, 4) is 0 Å². The van der Waals surface area contributed by atoms with Gasteiger partial charge in [0.05, 0.1) is 0 Å². The van der Waals surface area contributed by atoms with E-state index in [1.54, 1.807) is 13.8 Å². The van der Waals surface area contributed by atoms with Crippen molar-refractivity contribution in [1.29, 1.82) is 0 Å². The maximum absolute atomic E-state index is 13.0. The van der Waals surface area contributed by atoms with Crippen LogP contribution in [0.15, 0.2) is 24.3 Å². The highest BCUT2D eigenvalue weighted by atomic mass is 16.6. The van der Waals surface area contributed by atoms with Gasteiger partial charge in [0, 0.05) is 25.8 Å². The fourth-order valence-corrected chi connectivity index (χ4v) is 7.53. The number of hydrogen-bond acceptors (Lipinski definition) is 7. The van der Waals surface area contributed by atoms with Crippen molar-refractivity contribution in [3.05, 3.63) is 24.3 Å². The van der Waals surface area contributed by atoms with Crippen LogP contribution in [0.2, 0.25) is 0 Å². The van der Waals surface area contributed by atoms with Crippen LogP contribution >= 0.6 is 0 Å². The Morgan fingerprint density at radius 2 is 1.09 bits per heavy atom. The first-order valence-electron chi connectivity index (χ1n) is 22.5. The fraction of sp³-hybridized carbons (Fsp3) is 0.851. The standard InChI is InChI=1S/C47H85NO6/c1-41(37-42(2)39-48(5)6)38-46(51)53-43-33-29-25-21-17-13-9-7-11-15-19-23-27-31-35-44(49)52-40-47(3,4)54-45(50)36-32-28-24-20-16-12-8-10-14-18-22-26-30-34-43/h11-12,15-16,41-43H,7-10,13-14,17-40H2,1-6H3. The molecule has 0 N–H and O–H groups in total. The Morgan fingerprint density at radius 1 is 0.667 bits per heavy atom. The third-order valence-electron chi connectivity index (χ3n) is 10.4. The van der Waals surface area contributed by atoms with Crippen LogP contribution in [0.4, 0.5) is 0 Å². The first-order valence-corrected chi connectivity index (χ1v) is 22.5. The van der Waals surface area contributed by atoms with Crippen LogP contribution in [0.3, 0.4) is 0 Å². The first kappa shape index (κ1) is 49.9. The molecule has 314 valence electrons. The summed E-state index contributed by atoms with van der Waals surface area (Å²) in [6.07, 6.45) is 38.6. The molecule has 1 aliphatic heterocycles. The van der Waals surface area contributed by atoms with Gasteiger partial charge in [0.15, 0.2) is 0 Å². The van der Waals surface area contributed by atoms with Gasteiger partial charge in [-0.2, -0.15) is 0 Å². The maximum atomic E-state index is 13.0. The van der Waals surface area contributed by atoms with Gasteiger partial charge in [0.2, 0.25) is 0 Å². The number of carbonyl (C=O) groups excluding carboxylic acids is 3. The molecule has 7 heteroatoms. The highest BCUT2D eigenvalue weighted by Crippen LogP contribution is 2.21. The van der Waals surface area contributed by atoms with Crippen molar-refractivity contribution in [2.24, 2.45) is 11.8 Å². The lowest BCUT2D eigenvalue weighted by molar-refractivity contribution is -0.168. The maximum Gasteiger partial charge on any atom is 0.306 e. The Morgan fingerprint density at radius 3 is 1.57 bits per heavy atom. The third kappa shape index (κ3) is 32.1. The normalized spacial score (nSPS) is 23.0. The molecule has 54 heavy (non-hydrogen) atoms. The smallest absolute Gasteiger partial charge is 0.306 e. The Hall–Kier alpha value is -2.15. The van der Waals surface area contributed by atoms with Crippen molar-refractivity contribution in [3.63, 3.8) is 0 Å². The molecule has 0 radical (unpaired) electrons. The monoisotopic (exact) mass is 760 g/mol. The quantitative estimate of drug-likeness (QED) is 0.145. The second-order valence-electron chi connectivity index (χ2n) is 17.5. The summed E-state index contributed by atoms with van der Waals surface area (Å²) in [5, 5.41) is 0. The summed E-state index contributed by atoms with van der Waals surface area (Å²) >= 11 is 0. The van der Waals surface area contributed by atoms with Crippen LogP contribution in [0.5, 0.6) is 0 Å². The second kappa shape index (κ2) is 33.0. The Bertz CT molecular complexity index is 1000. The summed E-state index contributed by atoms with van der Waals surface area (Å²) in [7, 11) is 4.23. The highest BCUT2D eigenvalue weighted by molar-refractivity contribution is 5.71. The van der Waals surface area contributed by atoms with Crippen LogP contribution in [0, 0.1) is 11.8 Å². The molecule has 0 aromatic heterocycles. The number of ether oxygens (including phenoxy) is 3. The molecule has 1 aliphatic rings. The van der Waals surface area contributed by atoms with Gasteiger partial charge in [-0.1, -0.05) is 102 Å². The minimum atomic E-state index is -0.808. The third-order valence-corrected chi connectivity index (χ3v) is 10.4. The lowest BCUT2D eigenvalue weighted by atomic mass is 9.94. The number of hydrogen-bond donors (Lipinski definition) is 0. The summed E-state index contributed by atoms with van der Waals surface area (Å²) in [6, 6.07) is 0. The van der Waals surface area contributed by atoms with E-state index in [2.05, 4.69) is 57.1 Å². The van der Waals surface area contributed by atoms with Crippen molar-refractivity contribution >= 4 is 17.9 Å². The molecule has 0 amide bonds. The van der Waals surface area contributed by atoms with Crippen molar-refractivity contribution in [1.82, 2.24) is 4.90 Å². The van der Waals surface area contributed by atoms with E-state index in [0.717, 1.165) is 103 Å². The predicted octanol–water partition coefficient (Wildman–Crippen LogP) is 12.6. The first-order chi connectivity index (χ1) is 26.0. The molecule has 0 saturated heterocycles. The summed E-state index contributed by atoms with van der Waals surface area (Å²) in [5.41, 5.74) is -0.808. The van der Waals surface area contributed by atoms with Crippen LogP contribution in [-0.4, -0.2) is 61.8 Å². The molecule has 0 aromatic rings. The number of cyclic esters (lactones) is 2. The van der Waals surface area contributed by atoms with E-state index in [9.17, 15) is 14.4 Å². The Kier molecular flexibility index (Phi) is 30.5. The van der Waals surface area contributed by atoms with E-state index in [1.807, 2.05) is 0 Å². The van der Waals surface area contributed by atoms with E-state index in [0.29, 0.717) is 31.1 Å². The van der Waals surface area contributed by atoms with Gasteiger partial charge in [0.1, 0.15) is 18.3 Å². The average Bonchev–Trinajstić information content (AvgIpc) is 3.09. The lowest BCUT2D eigenvalue weighted by Gasteiger charge is -2.24. The van der Waals surface area contributed by atoms with Crippen LogP contribution in [-0.2, 0) is 28.6 Å². The minimum Gasteiger partial charge on any atom is -0.462 e. The molecule has 0 aliphatic carbocycles. The minimum absolute atomic E-state index is 0.000347. The van der Waals surface area contributed by atoms with Gasteiger partial charge in [-0.25, -0.2) is 0 Å². The molecule has 0 aromatic carbocycles. The van der Waals surface area contributed by atoms with Gasteiger partial charge in [0.25, 0.3) is 0 Å². The molecule has 3 unspecified atom stereocenters. The largest absolute Gasteiger partial charge is 0.462 e. The molecule has 1 rings (SSSR count). The molecule has 0 spiro atoms. The summed E-state index contributed by atoms with van der Waals surface area (Å²) < 4.78 is 17.2. The molecule has 3 atom stereocenters. The predicted molar refractivity (Wildman–Crippen MR) is 225 cm³/mol. The van der Waals surface area contributed by atoms with Gasteiger partial charge >= 0.3 is 17.9 Å². The van der Waals surface area contributed by atoms with Crippen LogP contribution < -0.4 is 0 Å². The Labute approximate surface area is 333 Å². The molecule has 7 nitrogen and oxygen atoms in total. The molecular formula is C47H85NO6. The van der Waals surface area contributed by atoms with Crippen LogP contribution in [0.1, 0.15) is 207 Å². The number of allylic oxidation sites excluding steroid dienone is 4. The zero-order chi connectivity index (χ0) is 39.7. The van der Waals surface area contributed by atoms with E-state index >= 15 is 0 Å². The zero-order valence-electron chi connectivity index (χ0n) is 36.2. The van der Waals surface area contributed by atoms with Gasteiger partial charge in [-0.15, -0.1) is 0 Å². The lowest BCUT2D eigenvalue weighted by Crippen LogP contribution is -2.34. The van der Waals surface area contributed by atoms with Gasteiger partial charge in [-0.05, 0) is 136 Å². The highest BCUT2D eigenvalue weighted by Gasteiger charge is 2.25. The van der Waals surface area contributed by atoms with Crippen molar-refractivity contribution in [2.75, 3.05) is 27.2 Å². The fourth-order valence-electron chi connectivity index (χ4n) is 7.53. The van der Waals surface area contributed by atoms with Gasteiger partial charge in [-0.3, -0.25) is 14.4 Å². The molecule has 0 fully saturated rings. The molecule has 1 heterocycles. The summed E-state index contributed by atoms with van der Waals surface area (Å²) in [5.74, 6) is 0.490. The van der Waals surface area contributed by atoms with Crippen LogP contribution in [0.25, 0.3) is 0 Å². The number of nitrogens with zero attached hydrogens (tertiary/aromatic N) is 1.